The molecule has 2 rings (SSSR count). The SMILES string of the molecule is Nc1ccc(Br)cc1S(=O)(=O)Nc1nccc(Cl)n1. The van der Waals surface area contributed by atoms with Gasteiger partial charge in [0, 0.05) is 10.7 Å². The van der Waals surface area contributed by atoms with E-state index in [0.717, 1.165) is 0 Å². The molecule has 0 saturated carbocycles. The Morgan fingerprint density at radius 1 is 1.32 bits per heavy atom. The zero-order valence-corrected chi connectivity index (χ0v) is 12.5. The molecule has 0 radical (unpaired) electrons. The second-order valence-electron chi connectivity index (χ2n) is 3.49. The van der Waals surface area contributed by atoms with Gasteiger partial charge in [-0.25, -0.2) is 23.1 Å². The molecule has 1 aromatic heterocycles. The van der Waals surface area contributed by atoms with Gasteiger partial charge >= 0.3 is 0 Å². The summed E-state index contributed by atoms with van der Waals surface area (Å²) >= 11 is 8.84. The van der Waals surface area contributed by atoms with Gasteiger partial charge in [-0.15, -0.1) is 0 Å². The van der Waals surface area contributed by atoms with Crippen molar-refractivity contribution in [3.8, 4) is 0 Å². The smallest absolute Gasteiger partial charge is 0.266 e. The summed E-state index contributed by atoms with van der Waals surface area (Å²) in [5, 5.41) is 0.134. The Balaban J connectivity index is 2.40. The minimum atomic E-state index is -3.87. The van der Waals surface area contributed by atoms with Crippen molar-refractivity contribution in [1.29, 1.82) is 0 Å². The highest BCUT2D eigenvalue weighted by molar-refractivity contribution is 9.10. The van der Waals surface area contributed by atoms with Gasteiger partial charge < -0.3 is 5.73 Å². The molecule has 0 unspecified atom stereocenters. The van der Waals surface area contributed by atoms with Crippen LogP contribution in [0, 0.1) is 0 Å². The minimum Gasteiger partial charge on any atom is -0.398 e. The first-order valence-corrected chi connectivity index (χ1v) is 7.60. The molecular weight excluding hydrogens is 356 g/mol. The molecule has 0 spiro atoms. The Bertz CT molecular complexity index is 723. The lowest BCUT2D eigenvalue weighted by molar-refractivity contribution is 0.601. The first-order chi connectivity index (χ1) is 8.88. The number of aromatic nitrogens is 2. The number of rotatable bonds is 3. The fourth-order valence-electron chi connectivity index (χ4n) is 1.30. The number of nitrogens with two attached hydrogens (primary N) is 1. The molecule has 0 aliphatic carbocycles. The molecule has 0 aliphatic rings. The number of halogens is 2. The van der Waals surface area contributed by atoms with Crippen LogP contribution in [0.5, 0.6) is 0 Å². The molecule has 0 aliphatic heterocycles. The molecule has 9 heteroatoms. The first kappa shape index (κ1) is 14.0. The molecule has 19 heavy (non-hydrogen) atoms. The predicted octanol–water partition coefficient (Wildman–Crippen LogP) is 2.28. The van der Waals surface area contributed by atoms with E-state index < -0.39 is 10.0 Å². The van der Waals surface area contributed by atoms with Crippen LogP contribution in [0.2, 0.25) is 5.15 Å². The van der Waals surface area contributed by atoms with E-state index in [9.17, 15) is 8.42 Å². The second kappa shape index (κ2) is 5.32. The second-order valence-corrected chi connectivity index (χ2v) is 6.44. The van der Waals surface area contributed by atoms with Crippen molar-refractivity contribution in [3.63, 3.8) is 0 Å². The average molecular weight is 364 g/mol. The molecule has 2 aromatic rings. The van der Waals surface area contributed by atoms with Gasteiger partial charge in [0.15, 0.2) is 0 Å². The molecule has 0 bridgehead atoms. The maximum absolute atomic E-state index is 12.2. The van der Waals surface area contributed by atoms with Gasteiger partial charge in [0.1, 0.15) is 10.0 Å². The summed E-state index contributed by atoms with van der Waals surface area (Å²) < 4.78 is 27.1. The van der Waals surface area contributed by atoms with Crippen LogP contribution >= 0.6 is 27.5 Å². The monoisotopic (exact) mass is 362 g/mol. The highest BCUT2D eigenvalue weighted by Crippen LogP contribution is 2.24. The number of benzene rings is 1. The maximum atomic E-state index is 12.2. The summed E-state index contributed by atoms with van der Waals surface area (Å²) in [6.07, 6.45) is 1.34. The molecule has 0 amide bonds. The van der Waals surface area contributed by atoms with E-state index in [1.807, 2.05) is 0 Å². The number of anilines is 2. The van der Waals surface area contributed by atoms with Crippen LogP contribution < -0.4 is 10.5 Å². The van der Waals surface area contributed by atoms with E-state index in [4.69, 9.17) is 17.3 Å². The van der Waals surface area contributed by atoms with Crippen LogP contribution in [0.4, 0.5) is 11.6 Å². The van der Waals surface area contributed by atoms with E-state index in [1.54, 1.807) is 6.07 Å². The molecule has 3 N–H and O–H groups in total. The Labute approximate surface area is 123 Å². The van der Waals surface area contributed by atoms with E-state index in [-0.39, 0.29) is 21.7 Å². The van der Waals surface area contributed by atoms with Gasteiger partial charge in [-0.2, -0.15) is 0 Å². The summed E-state index contributed by atoms with van der Waals surface area (Å²) in [5.74, 6) is -0.119. The highest BCUT2D eigenvalue weighted by atomic mass is 79.9. The number of nitrogens with one attached hydrogen (secondary N) is 1. The summed E-state index contributed by atoms with van der Waals surface area (Å²) in [7, 11) is -3.87. The Kier molecular flexibility index (Phi) is 3.93. The molecule has 1 heterocycles. The third kappa shape index (κ3) is 3.34. The molecular formula is C10H8BrClN4O2S. The van der Waals surface area contributed by atoms with Gasteiger partial charge in [0.2, 0.25) is 5.95 Å². The van der Waals surface area contributed by atoms with Crippen molar-refractivity contribution in [2.75, 3.05) is 10.5 Å². The van der Waals surface area contributed by atoms with Gasteiger partial charge in [0.05, 0.1) is 5.69 Å². The van der Waals surface area contributed by atoms with Crippen LogP contribution in [0.3, 0.4) is 0 Å². The lowest BCUT2D eigenvalue weighted by Gasteiger charge is -2.09. The number of sulfonamides is 1. The van der Waals surface area contributed by atoms with Crippen LogP contribution in [0.25, 0.3) is 0 Å². The summed E-state index contributed by atoms with van der Waals surface area (Å²) in [6.45, 7) is 0. The predicted molar refractivity (Wildman–Crippen MR) is 76.4 cm³/mol. The van der Waals surface area contributed by atoms with Crippen molar-refractivity contribution >= 4 is 49.2 Å². The van der Waals surface area contributed by atoms with Gasteiger partial charge in [-0.05, 0) is 24.3 Å². The zero-order valence-electron chi connectivity index (χ0n) is 9.34. The van der Waals surface area contributed by atoms with Crippen LogP contribution in [0.1, 0.15) is 0 Å². The van der Waals surface area contributed by atoms with Crippen molar-refractivity contribution in [2.45, 2.75) is 4.90 Å². The largest absolute Gasteiger partial charge is 0.398 e. The van der Waals surface area contributed by atoms with E-state index in [1.165, 1.54) is 24.4 Å². The Morgan fingerprint density at radius 2 is 2.05 bits per heavy atom. The number of hydrogen-bond acceptors (Lipinski definition) is 5. The molecule has 0 atom stereocenters. The van der Waals surface area contributed by atoms with Crippen molar-refractivity contribution in [2.24, 2.45) is 0 Å². The Hall–Kier alpha value is -1.38. The number of nitrogens with zero attached hydrogens (tertiary/aromatic N) is 2. The lowest BCUT2D eigenvalue weighted by Crippen LogP contribution is -2.16. The molecule has 100 valence electrons. The summed E-state index contributed by atoms with van der Waals surface area (Å²) in [6, 6.07) is 5.96. The maximum Gasteiger partial charge on any atom is 0.266 e. The lowest BCUT2D eigenvalue weighted by atomic mass is 10.3. The topological polar surface area (TPSA) is 98.0 Å². The van der Waals surface area contributed by atoms with Gasteiger partial charge in [0.25, 0.3) is 10.0 Å². The van der Waals surface area contributed by atoms with Crippen molar-refractivity contribution < 1.29 is 8.42 Å². The third-order valence-corrected chi connectivity index (χ3v) is 4.20. The van der Waals surface area contributed by atoms with Crippen LogP contribution in [-0.4, -0.2) is 18.4 Å². The first-order valence-electron chi connectivity index (χ1n) is 4.95. The van der Waals surface area contributed by atoms with Gasteiger partial charge in [-0.3, -0.25) is 0 Å². The van der Waals surface area contributed by atoms with Crippen molar-refractivity contribution in [1.82, 2.24) is 9.97 Å². The summed E-state index contributed by atoms with van der Waals surface area (Å²) in [4.78, 5) is 7.45. The minimum absolute atomic E-state index is 0.0644. The van der Waals surface area contributed by atoms with Crippen LogP contribution in [-0.2, 0) is 10.0 Å². The van der Waals surface area contributed by atoms with Crippen molar-refractivity contribution in [3.05, 3.63) is 40.1 Å². The molecule has 6 nitrogen and oxygen atoms in total. The number of hydrogen-bond donors (Lipinski definition) is 2. The third-order valence-electron chi connectivity index (χ3n) is 2.11. The van der Waals surface area contributed by atoms with E-state index in [0.29, 0.717) is 4.47 Å². The normalized spacial score (nSPS) is 11.3. The van der Waals surface area contributed by atoms with Gasteiger partial charge in [-0.1, -0.05) is 27.5 Å². The zero-order chi connectivity index (χ0) is 14.0. The standard InChI is InChI=1S/C10H8BrClN4O2S/c11-6-1-2-7(13)8(5-6)19(17,18)16-10-14-4-3-9(12)15-10/h1-5H,13H2,(H,14,15,16). The average Bonchev–Trinajstić information content (AvgIpc) is 2.31. The Morgan fingerprint density at radius 3 is 2.74 bits per heavy atom. The molecule has 0 saturated heterocycles. The quantitative estimate of drug-likeness (QED) is 0.644. The fraction of sp³-hybridized carbons (Fsp3) is 0. The van der Waals surface area contributed by atoms with Crippen LogP contribution in [0.15, 0.2) is 39.8 Å². The molecule has 1 aromatic carbocycles. The highest BCUT2D eigenvalue weighted by Gasteiger charge is 2.19. The fourth-order valence-corrected chi connectivity index (χ4v) is 3.06. The molecule has 0 fully saturated rings. The summed E-state index contributed by atoms with van der Waals surface area (Å²) in [5.41, 5.74) is 5.78. The number of nitrogen functional groups attached to an aromatic ring is 1. The van der Waals surface area contributed by atoms with E-state index in [2.05, 4.69) is 30.6 Å². The van der Waals surface area contributed by atoms with E-state index >= 15 is 0 Å².